The van der Waals surface area contributed by atoms with Gasteiger partial charge in [0.25, 0.3) is 0 Å². The van der Waals surface area contributed by atoms with Crippen LogP contribution >= 0.6 is 0 Å². The first kappa shape index (κ1) is 31.4. The first-order chi connectivity index (χ1) is 26.7. The van der Waals surface area contributed by atoms with Gasteiger partial charge < -0.3 is 0 Å². The molecule has 10 aromatic rings. The minimum atomic E-state index is 0.628. The van der Waals surface area contributed by atoms with Crippen molar-refractivity contribution in [2.75, 3.05) is 0 Å². The fourth-order valence-corrected chi connectivity index (χ4v) is 7.31. The molecule has 0 saturated heterocycles. The van der Waals surface area contributed by atoms with E-state index in [0.717, 1.165) is 60.9 Å². The third-order valence-electron chi connectivity index (χ3n) is 10.1. The summed E-state index contributed by atoms with van der Waals surface area (Å²) in [7, 11) is 0. The van der Waals surface area contributed by atoms with Crippen LogP contribution in [0.25, 0.3) is 100 Å². The number of benzene rings is 8. The summed E-state index contributed by atoms with van der Waals surface area (Å²) >= 11 is 0. The monoisotopic (exact) mass is 688 g/mol. The molecule has 0 amide bonds. The highest BCUT2D eigenvalue weighted by Crippen LogP contribution is 2.36. The number of aromatic nitrogens is 4. The zero-order valence-corrected chi connectivity index (χ0v) is 29.3. The molecule has 0 aliphatic carbocycles. The molecule has 252 valence electrons. The molecular weight excluding hydrogens is 657 g/mol. The molecular formula is C50H32N4. The average molecular weight is 689 g/mol. The van der Waals surface area contributed by atoms with Crippen LogP contribution in [0.1, 0.15) is 0 Å². The van der Waals surface area contributed by atoms with Crippen molar-refractivity contribution in [1.82, 2.24) is 19.9 Å². The molecule has 54 heavy (non-hydrogen) atoms. The summed E-state index contributed by atoms with van der Waals surface area (Å²) in [6.45, 7) is 0. The van der Waals surface area contributed by atoms with Gasteiger partial charge in [-0.1, -0.05) is 170 Å². The number of pyridine rings is 1. The standard InChI is InChI=1S/C50H32N4/c1-3-12-33(13-4-1)34-24-28-38(29-25-34)49-52-48(37-14-5-2-6-15-37)53-50(54-49)42-19-11-18-39(30-42)35-22-26-36(27-23-35)47-45-32-41-17-8-7-16-40(41)31-44(45)43-20-9-10-21-46(43)51-47/h1-32H. The second-order valence-electron chi connectivity index (χ2n) is 13.5. The summed E-state index contributed by atoms with van der Waals surface area (Å²) in [6, 6.07) is 67.6. The van der Waals surface area contributed by atoms with Crippen molar-refractivity contribution in [3.8, 4) is 67.7 Å². The number of rotatable bonds is 6. The summed E-state index contributed by atoms with van der Waals surface area (Å²) in [5.41, 5.74) is 10.4. The summed E-state index contributed by atoms with van der Waals surface area (Å²) in [5.74, 6) is 1.90. The Morgan fingerprint density at radius 1 is 0.241 bits per heavy atom. The highest BCUT2D eigenvalue weighted by Gasteiger charge is 2.15. The Balaban J connectivity index is 1.03. The van der Waals surface area contributed by atoms with Crippen molar-refractivity contribution in [3.05, 3.63) is 194 Å². The fourth-order valence-electron chi connectivity index (χ4n) is 7.31. The Morgan fingerprint density at radius 2 is 0.685 bits per heavy atom. The third-order valence-corrected chi connectivity index (χ3v) is 10.1. The van der Waals surface area contributed by atoms with Gasteiger partial charge in [-0.3, -0.25) is 0 Å². The summed E-state index contributed by atoms with van der Waals surface area (Å²) in [6.07, 6.45) is 0. The average Bonchev–Trinajstić information content (AvgIpc) is 3.26. The lowest BCUT2D eigenvalue weighted by Crippen LogP contribution is -2.00. The van der Waals surface area contributed by atoms with Crippen LogP contribution in [-0.4, -0.2) is 19.9 Å². The van der Waals surface area contributed by atoms with E-state index < -0.39 is 0 Å². The van der Waals surface area contributed by atoms with E-state index >= 15 is 0 Å². The van der Waals surface area contributed by atoms with Crippen LogP contribution < -0.4 is 0 Å². The van der Waals surface area contributed by atoms with Gasteiger partial charge in [0.15, 0.2) is 17.5 Å². The highest BCUT2D eigenvalue weighted by molar-refractivity contribution is 6.15. The highest BCUT2D eigenvalue weighted by atomic mass is 15.0. The largest absolute Gasteiger partial charge is 0.247 e. The van der Waals surface area contributed by atoms with Crippen molar-refractivity contribution in [2.45, 2.75) is 0 Å². The van der Waals surface area contributed by atoms with Gasteiger partial charge in [-0.25, -0.2) is 19.9 Å². The molecule has 0 aliphatic heterocycles. The lowest BCUT2D eigenvalue weighted by atomic mass is 9.95. The molecule has 0 bridgehead atoms. The van der Waals surface area contributed by atoms with Gasteiger partial charge in [-0.15, -0.1) is 0 Å². The van der Waals surface area contributed by atoms with Crippen LogP contribution in [0.2, 0.25) is 0 Å². The Labute approximate surface area is 313 Å². The van der Waals surface area contributed by atoms with E-state index in [1.807, 2.05) is 36.4 Å². The topological polar surface area (TPSA) is 51.6 Å². The Hall–Kier alpha value is -7.30. The predicted molar refractivity (Wildman–Crippen MR) is 223 cm³/mol. The first-order valence-corrected chi connectivity index (χ1v) is 18.1. The van der Waals surface area contributed by atoms with Crippen LogP contribution in [0.3, 0.4) is 0 Å². The molecule has 4 nitrogen and oxygen atoms in total. The number of hydrogen-bond acceptors (Lipinski definition) is 4. The number of nitrogens with zero attached hydrogens (tertiary/aromatic N) is 4. The summed E-state index contributed by atoms with van der Waals surface area (Å²) in [4.78, 5) is 20.2. The lowest BCUT2D eigenvalue weighted by molar-refractivity contribution is 1.07. The molecule has 0 atom stereocenters. The maximum atomic E-state index is 5.20. The summed E-state index contributed by atoms with van der Waals surface area (Å²) in [5, 5.41) is 5.96. The lowest BCUT2D eigenvalue weighted by Gasteiger charge is -2.13. The van der Waals surface area contributed by atoms with Crippen LogP contribution in [0.4, 0.5) is 0 Å². The molecule has 4 heteroatoms. The number of hydrogen-bond donors (Lipinski definition) is 0. The molecule has 8 aromatic carbocycles. The molecule has 10 rings (SSSR count). The second kappa shape index (κ2) is 13.4. The van der Waals surface area contributed by atoms with E-state index in [2.05, 4.69) is 158 Å². The van der Waals surface area contributed by atoms with Gasteiger partial charge in [-0.05, 0) is 62.7 Å². The quantitative estimate of drug-likeness (QED) is 0.129. The molecule has 2 aromatic heterocycles. The smallest absolute Gasteiger partial charge is 0.164 e. The molecule has 2 heterocycles. The molecule has 0 unspecified atom stereocenters. The van der Waals surface area contributed by atoms with Crippen molar-refractivity contribution < 1.29 is 0 Å². The minimum Gasteiger partial charge on any atom is -0.247 e. The Kier molecular flexibility index (Phi) is 7.77. The van der Waals surface area contributed by atoms with Gasteiger partial charge in [0.1, 0.15) is 0 Å². The Morgan fingerprint density at radius 3 is 1.37 bits per heavy atom. The Bertz CT molecular complexity index is 2960. The van der Waals surface area contributed by atoms with Crippen LogP contribution in [0.5, 0.6) is 0 Å². The molecule has 0 radical (unpaired) electrons. The third kappa shape index (κ3) is 5.86. The van der Waals surface area contributed by atoms with Crippen LogP contribution in [0.15, 0.2) is 194 Å². The maximum absolute atomic E-state index is 5.20. The van der Waals surface area contributed by atoms with E-state index in [-0.39, 0.29) is 0 Å². The van der Waals surface area contributed by atoms with E-state index in [9.17, 15) is 0 Å². The molecule has 0 fully saturated rings. The van der Waals surface area contributed by atoms with E-state index in [4.69, 9.17) is 19.9 Å². The molecule has 0 N–H and O–H groups in total. The normalized spacial score (nSPS) is 11.3. The fraction of sp³-hybridized carbons (Fsp3) is 0. The van der Waals surface area contributed by atoms with E-state index in [0.29, 0.717) is 17.5 Å². The van der Waals surface area contributed by atoms with E-state index in [1.165, 1.54) is 21.7 Å². The zero-order valence-electron chi connectivity index (χ0n) is 29.3. The summed E-state index contributed by atoms with van der Waals surface area (Å²) < 4.78 is 0. The van der Waals surface area contributed by atoms with Crippen molar-refractivity contribution >= 4 is 32.4 Å². The van der Waals surface area contributed by atoms with E-state index in [1.54, 1.807) is 0 Å². The number of para-hydroxylation sites is 1. The van der Waals surface area contributed by atoms with Crippen molar-refractivity contribution in [2.24, 2.45) is 0 Å². The van der Waals surface area contributed by atoms with Crippen molar-refractivity contribution in [3.63, 3.8) is 0 Å². The number of fused-ring (bicyclic) bond motifs is 4. The minimum absolute atomic E-state index is 0.628. The maximum Gasteiger partial charge on any atom is 0.164 e. The SMILES string of the molecule is c1ccc(-c2ccc(-c3nc(-c4ccccc4)nc(-c4cccc(-c5ccc(-c6nc7ccccc7c7cc8ccccc8cc67)cc5)c4)n3)cc2)cc1. The van der Waals surface area contributed by atoms with Crippen molar-refractivity contribution in [1.29, 1.82) is 0 Å². The molecule has 0 spiro atoms. The first-order valence-electron chi connectivity index (χ1n) is 18.1. The molecule has 0 aliphatic rings. The van der Waals surface area contributed by atoms with Gasteiger partial charge >= 0.3 is 0 Å². The predicted octanol–water partition coefficient (Wildman–Crippen LogP) is 12.7. The second-order valence-corrected chi connectivity index (χ2v) is 13.5. The van der Waals surface area contributed by atoms with Gasteiger partial charge in [0.2, 0.25) is 0 Å². The zero-order chi connectivity index (χ0) is 35.8. The van der Waals surface area contributed by atoms with Crippen LogP contribution in [0, 0.1) is 0 Å². The van der Waals surface area contributed by atoms with Gasteiger partial charge in [0, 0.05) is 33.0 Å². The van der Waals surface area contributed by atoms with Gasteiger partial charge in [0.05, 0.1) is 11.2 Å². The molecule has 0 saturated carbocycles. The van der Waals surface area contributed by atoms with Crippen LogP contribution in [-0.2, 0) is 0 Å². The van der Waals surface area contributed by atoms with Gasteiger partial charge in [-0.2, -0.15) is 0 Å².